The molecule has 0 aromatic heterocycles. The Labute approximate surface area is 102 Å². The molecule has 16 heavy (non-hydrogen) atoms. The maximum absolute atomic E-state index is 11.8. The normalized spacial score (nSPS) is 23.8. The van der Waals surface area contributed by atoms with Gasteiger partial charge in [0.2, 0.25) is 11.2 Å². The Morgan fingerprint density at radius 1 is 1.38 bits per heavy atom. The number of hydrogen-bond donors (Lipinski definition) is 2. The largest absolute Gasteiger partial charge is 0.286 e. The molecule has 1 aromatic rings. The molecular formula is C10H12ClN3OS. The van der Waals surface area contributed by atoms with Crippen LogP contribution < -0.4 is 9.03 Å². The van der Waals surface area contributed by atoms with Crippen LogP contribution in [0.1, 0.15) is 13.8 Å². The number of amidine groups is 1. The van der Waals surface area contributed by atoms with Crippen molar-refractivity contribution in [3.8, 4) is 0 Å². The predicted molar refractivity (Wildman–Crippen MR) is 67.0 cm³/mol. The summed E-state index contributed by atoms with van der Waals surface area (Å²) in [5.41, 5.74) is 0.121. The van der Waals surface area contributed by atoms with E-state index in [4.69, 9.17) is 17.0 Å². The molecule has 1 aliphatic heterocycles. The van der Waals surface area contributed by atoms with Crippen molar-refractivity contribution in [3.63, 3.8) is 0 Å². The molecular weight excluding hydrogens is 246 g/mol. The first-order valence-electron chi connectivity index (χ1n) is 4.76. The number of anilines is 1. The molecule has 0 radical (unpaired) electrons. The van der Waals surface area contributed by atoms with Crippen molar-refractivity contribution >= 4 is 34.3 Å². The van der Waals surface area contributed by atoms with E-state index in [1.807, 2.05) is 13.8 Å². The first-order chi connectivity index (χ1) is 7.42. The van der Waals surface area contributed by atoms with Crippen molar-refractivity contribution in [2.24, 2.45) is 0 Å². The van der Waals surface area contributed by atoms with Crippen LogP contribution in [-0.4, -0.2) is 15.6 Å². The highest BCUT2D eigenvalue weighted by Crippen LogP contribution is 2.27. The molecule has 1 aliphatic rings. The fourth-order valence-electron chi connectivity index (χ4n) is 1.45. The van der Waals surface area contributed by atoms with Gasteiger partial charge in [-0.2, -0.15) is 0 Å². The van der Waals surface area contributed by atoms with Crippen LogP contribution in [0.2, 0.25) is 5.02 Å². The summed E-state index contributed by atoms with van der Waals surface area (Å²) in [6.07, 6.45) is 0. The summed E-state index contributed by atoms with van der Waals surface area (Å²) in [6, 6.07) is 6.93. The molecule has 1 unspecified atom stereocenters. The predicted octanol–water partition coefficient (Wildman–Crippen LogP) is 2.08. The smallest absolute Gasteiger partial charge is 0.203 e. The second kappa shape index (κ2) is 3.84. The van der Waals surface area contributed by atoms with Crippen LogP contribution in [0, 0.1) is 5.41 Å². The summed E-state index contributed by atoms with van der Waals surface area (Å²) < 4.78 is 16.1. The third kappa shape index (κ3) is 1.86. The van der Waals surface area contributed by atoms with Gasteiger partial charge in [-0.3, -0.25) is 5.41 Å². The van der Waals surface area contributed by atoms with Gasteiger partial charge in [0.1, 0.15) is 5.84 Å². The number of hydrogen-bond acceptors (Lipinski definition) is 2. The lowest BCUT2D eigenvalue weighted by Crippen LogP contribution is -2.39. The number of nitrogens with zero attached hydrogens (tertiary/aromatic N) is 1. The number of rotatable bonds is 1. The summed E-state index contributed by atoms with van der Waals surface area (Å²) in [7, 11) is 0. The zero-order valence-electron chi connectivity index (χ0n) is 8.95. The van der Waals surface area contributed by atoms with Crippen molar-refractivity contribution < 1.29 is 4.21 Å². The third-order valence-corrected chi connectivity index (χ3v) is 4.03. The monoisotopic (exact) mass is 257 g/mol. The Morgan fingerprint density at radius 3 is 2.38 bits per heavy atom. The molecule has 86 valence electrons. The highest BCUT2D eigenvalue weighted by atomic mass is 35.5. The van der Waals surface area contributed by atoms with Gasteiger partial charge >= 0.3 is 0 Å². The van der Waals surface area contributed by atoms with E-state index in [0.717, 1.165) is 0 Å². The fraction of sp³-hybridized carbons (Fsp3) is 0.300. The molecule has 1 atom stereocenters. The maximum Gasteiger partial charge on any atom is 0.203 e. The van der Waals surface area contributed by atoms with Crippen LogP contribution in [0.4, 0.5) is 5.69 Å². The Hall–Kier alpha value is -0.910. The molecule has 0 bridgehead atoms. The van der Waals surface area contributed by atoms with Crippen molar-refractivity contribution in [1.29, 1.82) is 5.41 Å². The second-order valence-corrected chi connectivity index (χ2v) is 5.60. The molecule has 1 heterocycles. The van der Waals surface area contributed by atoms with Crippen molar-refractivity contribution in [2.45, 2.75) is 19.4 Å². The highest BCUT2D eigenvalue weighted by Gasteiger charge is 2.41. The van der Waals surface area contributed by atoms with Crippen LogP contribution in [-0.2, 0) is 11.2 Å². The molecule has 0 saturated carbocycles. The summed E-state index contributed by atoms with van der Waals surface area (Å²) in [5.74, 6) is 0.285. The zero-order chi connectivity index (χ0) is 11.9. The van der Waals surface area contributed by atoms with E-state index in [1.54, 1.807) is 24.3 Å². The Bertz CT molecular complexity index is 458. The minimum Gasteiger partial charge on any atom is -0.286 e. The topological polar surface area (TPSA) is 56.2 Å². The highest BCUT2D eigenvalue weighted by molar-refractivity contribution is 7.86. The Kier molecular flexibility index (Phi) is 2.77. The van der Waals surface area contributed by atoms with E-state index in [0.29, 0.717) is 10.7 Å². The molecule has 0 aliphatic carbocycles. The molecule has 1 saturated heterocycles. The molecule has 2 N–H and O–H groups in total. The lowest BCUT2D eigenvalue weighted by molar-refractivity contribution is 0.624. The van der Waals surface area contributed by atoms with Gasteiger partial charge in [-0.05, 0) is 38.1 Å². The van der Waals surface area contributed by atoms with E-state index in [9.17, 15) is 4.21 Å². The van der Waals surface area contributed by atoms with E-state index >= 15 is 0 Å². The van der Waals surface area contributed by atoms with Gasteiger partial charge in [-0.1, -0.05) is 11.6 Å². The quantitative estimate of drug-likeness (QED) is 0.795. The van der Waals surface area contributed by atoms with Crippen LogP contribution in [0.15, 0.2) is 24.3 Å². The van der Waals surface area contributed by atoms with Gasteiger partial charge in [-0.25, -0.2) is 13.2 Å². The van der Waals surface area contributed by atoms with E-state index in [2.05, 4.69) is 4.72 Å². The van der Waals surface area contributed by atoms with Crippen molar-refractivity contribution in [3.05, 3.63) is 29.3 Å². The zero-order valence-corrected chi connectivity index (χ0v) is 10.5. The fourth-order valence-corrected chi connectivity index (χ4v) is 2.91. The van der Waals surface area contributed by atoms with Crippen LogP contribution in [0.5, 0.6) is 0 Å². The first-order valence-corrected chi connectivity index (χ1v) is 6.25. The van der Waals surface area contributed by atoms with Crippen LogP contribution in [0.3, 0.4) is 0 Å². The van der Waals surface area contributed by atoms with Crippen LogP contribution in [0.25, 0.3) is 0 Å². The third-order valence-electron chi connectivity index (χ3n) is 2.36. The van der Waals surface area contributed by atoms with Crippen molar-refractivity contribution in [2.75, 3.05) is 4.31 Å². The SMILES string of the molecule is CC1(C)NS(=O)N(c2ccc(Cl)cc2)C1=N. The van der Waals surface area contributed by atoms with Gasteiger partial charge in [0.15, 0.2) is 0 Å². The number of nitrogens with one attached hydrogen (secondary N) is 2. The first kappa shape index (κ1) is 11.6. The molecule has 0 spiro atoms. The van der Waals surface area contributed by atoms with Crippen molar-refractivity contribution in [1.82, 2.24) is 4.72 Å². The molecule has 4 nitrogen and oxygen atoms in total. The van der Waals surface area contributed by atoms with E-state index < -0.39 is 16.7 Å². The summed E-state index contributed by atoms with van der Waals surface area (Å²) in [4.78, 5) is 0. The summed E-state index contributed by atoms with van der Waals surface area (Å²) in [6.45, 7) is 3.65. The van der Waals surface area contributed by atoms with Gasteiger partial charge in [0, 0.05) is 5.02 Å². The van der Waals surface area contributed by atoms with Gasteiger partial charge < -0.3 is 0 Å². The maximum atomic E-state index is 11.8. The van der Waals surface area contributed by atoms with Gasteiger partial charge in [0.05, 0.1) is 11.2 Å². The summed E-state index contributed by atoms with van der Waals surface area (Å²) >= 11 is 4.38. The molecule has 0 amide bonds. The molecule has 6 heteroatoms. The molecule has 2 rings (SSSR count). The Balaban J connectivity index is 2.39. The van der Waals surface area contributed by atoms with E-state index in [1.165, 1.54) is 4.31 Å². The number of benzene rings is 1. The van der Waals surface area contributed by atoms with E-state index in [-0.39, 0.29) is 5.84 Å². The lowest BCUT2D eigenvalue weighted by atomic mass is 10.1. The summed E-state index contributed by atoms with van der Waals surface area (Å²) in [5, 5.41) is 8.59. The van der Waals surface area contributed by atoms with Crippen LogP contribution >= 0.6 is 11.6 Å². The lowest BCUT2D eigenvalue weighted by Gasteiger charge is -2.18. The molecule has 1 aromatic carbocycles. The minimum atomic E-state index is -1.40. The molecule has 1 fully saturated rings. The van der Waals surface area contributed by atoms with Gasteiger partial charge in [-0.15, -0.1) is 0 Å². The Morgan fingerprint density at radius 2 is 1.94 bits per heavy atom. The average molecular weight is 258 g/mol. The average Bonchev–Trinajstić information content (AvgIpc) is 2.39. The van der Waals surface area contributed by atoms with Gasteiger partial charge in [0.25, 0.3) is 0 Å². The second-order valence-electron chi connectivity index (χ2n) is 4.10. The standard InChI is InChI=1S/C10H12ClN3OS/c1-10(2)9(12)14(16(15)13-10)8-5-3-7(11)4-6-8/h3-6,12-13H,1-2H3. The number of halogens is 1. The minimum absolute atomic E-state index is 0.285.